The predicted molar refractivity (Wildman–Crippen MR) is 41.2 cm³/mol. The molecule has 1 aromatic rings. The number of rotatable bonds is 2. The van der Waals surface area contributed by atoms with Crippen molar-refractivity contribution in [1.29, 1.82) is 0 Å². The van der Waals surface area contributed by atoms with Crippen LogP contribution in [0.1, 0.15) is 5.56 Å². The summed E-state index contributed by atoms with van der Waals surface area (Å²) in [4.78, 5) is 10.0. The summed E-state index contributed by atoms with van der Waals surface area (Å²) in [5.41, 5.74) is 0.641. The van der Waals surface area contributed by atoms with E-state index < -0.39 is 5.82 Å². The Morgan fingerprint density at radius 1 is 1.55 bits per heavy atom. The van der Waals surface area contributed by atoms with E-state index in [4.69, 9.17) is 11.6 Å². The first kappa shape index (κ1) is 8.21. The molecule has 1 rings (SSSR count). The van der Waals surface area contributed by atoms with Crippen molar-refractivity contribution < 1.29 is 9.18 Å². The molecule has 0 saturated carbocycles. The summed E-state index contributed by atoms with van der Waals surface area (Å²) in [7, 11) is 0. The minimum absolute atomic E-state index is 0.0830. The number of carbonyl (C=O) groups excluding carboxylic acids is 1. The number of benzene rings is 1. The normalized spacial score (nSPS) is 9.64. The Labute approximate surface area is 68.8 Å². The molecule has 0 aliphatic heterocycles. The van der Waals surface area contributed by atoms with Crippen LogP contribution in [-0.4, -0.2) is 6.29 Å². The van der Waals surface area contributed by atoms with Crippen LogP contribution in [0.15, 0.2) is 18.2 Å². The van der Waals surface area contributed by atoms with Gasteiger partial charge in [0.05, 0.1) is 5.02 Å². The maximum Gasteiger partial charge on any atom is 0.142 e. The highest BCUT2D eigenvalue weighted by Crippen LogP contribution is 2.15. The summed E-state index contributed by atoms with van der Waals surface area (Å²) in [5, 5.41) is 0.0830. The van der Waals surface area contributed by atoms with Crippen molar-refractivity contribution in [2.45, 2.75) is 6.42 Å². The molecule has 0 atom stereocenters. The molecule has 0 aliphatic carbocycles. The van der Waals surface area contributed by atoms with Gasteiger partial charge in [0.2, 0.25) is 0 Å². The van der Waals surface area contributed by atoms with Crippen LogP contribution in [0.5, 0.6) is 0 Å². The molecule has 58 valence electrons. The molecule has 0 fully saturated rings. The molecule has 11 heavy (non-hydrogen) atoms. The van der Waals surface area contributed by atoms with E-state index in [1.807, 2.05) is 0 Å². The molecule has 3 heteroatoms. The van der Waals surface area contributed by atoms with Gasteiger partial charge in [0.1, 0.15) is 12.1 Å². The van der Waals surface area contributed by atoms with Gasteiger partial charge in [-0.15, -0.1) is 0 Å². The summed E-state index contributed by atoms with van der Waals surface area (Å²) in [5.74, 6) is -0.481. The third kappa shape index (κ3) is 2.02. The molecule has 1 nitrogen and oxygen atoms in total. The molecule has 0 unspecified atom stereocenters. The molecule has 0 saturated heterocycles. The van der Waals surface area contributed by atoms with Crippen molar-refractivity contribution in [3.63, 3.8) is 0 Å². The van der Waals surface area contributed by atoms with E-state index in [0.29, 0.717) is 5.56 Å². The summed E-state index contributed by atoms with van der Waals surface area (Å²) < 4.78 is 12.7. The van der Waals surface area contributed by atoms with E-state index in [0.717, 1.165) is 6.29 Å². The Morgan fingerprint density at radius 2 is 2.27 bits per heavy atom. The monoisotopic (exact) mass is 172 g/mol. The Morgan fingerprint density at radius 3 is 2.82 bits per heavy atom. The summed E-state index contributed by atoms with van der Waals surface area (Å²) in [6, 6.07) is 4.33. The maximum atomic E-state index is 12.7. The van der Waals surface area contributed by atoms with Crippen LogP contribution < -0.4 is 0 Å². The number of aldehydes is 1. The first-order valence-electron chi connectivity index (χ1n) is 3.11. The summed E-state index contributed by atoms with van der Waals surface area (Å²) in [6.45, 7) is 0. The molecule has 0 bridgehead atoms. The summed E-state index contributed by atoms with van der Waals surface area (Å²) >= 11 is 5.42. The van der Waals surface area contributed by atoms with Gasteiger partial charge in [0.25, 0.3) is 0 Å². The van der Waals surface area contributed by atoms with Gasteiger partial charge in [-0.25, -0.2) is 4.39 Å². The Kier molecular flexibility index (Phi) is 2.60. The van der Waals surface area contributed by atoms with Gasteiger partial charge >= 0.3 is 0 Å². The maximum absolute atomic E-state index is 12.7. The highest BCUT2D eigenvalue weighted by atomic mass is 35.5. The fourth-order valence-electron chi connectivity index (χ4n) is 0.763. The SMILES string of the molecule is O=CCc1ccc(Cl)c(F)c1. The standard InChI is InChI=1S/C8H6ClFO/c9-7-2-1-6(3-4-11)5-8(7)10/h1-2,4-5H,3H2. The number of halogens is 2. The molecule has 0 amide bonds. The largest absolute Gasteiger partial charge is 0.303 e. The van der Waals surface area contributed by atoms with Crippen LogP contribution in [0.3, 0.4) is 0 Å². The van der Waals surface area contributed by atoms with E-state index in [1.54, 1.807) is 6.07 Å². The zero-order valence-corrected chi connectivity index (χ0v) is 6.44. The van der Waals surface area contributed by atoms with Gasteiger partial charge in [-0.3, -0.25) is 0 Å². The van der Waals surface area contributed by atoms with Gasteiger partial charge in [0.15, 0.2) is 0 Å². The lowest BCUT2D eigenvalue weighted by atomic mass is 10.2. The fourth-order valence-corrected chi connectivity index (χ4v) is 0.880. The van der Waals surface area contributed by atoms with Crippen LogP contribution in [0.4, 0.5) is 4.39 Å². The third-order valence-electron chi connectivity index (χ3n) is 1.30. The second-order valence-electron chi connectivity index (χ2n) is 2.12. The highest BCUT2D eigenvalue weighted by Gasteiger charge is 1.99. The zero-order valence-electron chi connectivity index (χ0n) is 5.68. The Hall–Kier alpha value is -0.890. The molecule has 0 spiro atoms. The molecule has 0 aromatic heterocycles. The van der Waals surface area contributed by atoms with Crippen molar-refractivity contribution in [3.8, 4) is 0 Å². The predicted octanol–water partition coefficient (Wildman–Crippen LogP) is 2.22. The lowest BCUT2D eigenvalue weighted by Crippen LogP contribution is -1.87. The minimum atomic E-state index is -0.481. The van der Waals surface area contributed by atoms with Crippen molar-refractivity contribution >= 4 is 17.9 Å². The van der Waals surface area contributed by atoms with Crippen LogP contribution in [-0.2, 0) is 11.2 Å². The second kappa shape index (κ2) is 3.49. The van der Waals surface area contributed by atoms with E-state index in [9.17, 15) is 9.18 Å². The average Bonchev–Trinajstić information content (AvgIpc) is 1.98. The van der Waals surface area contributed by atoms with E-state index >= 15 is 0 Å². The molecule has 0 heterocycles. The van der Waals surface area contributed by atoms with Crippen LogP contribution >= 0.6 is 11.6 Å². The lowest BCUT2D eigenvalue weighted by molar-refractivity contribution is -0.107. The molecular weight excluding hydrogens is 167 g/mol. The minimum Gasteiger partial charge on any atom is -0.303 e. The highest BCUT2D eigenvalue weighted by molar-refractivity contribution is 6.30. The average molecular weight is 173 g/mol. The van der Waals surface area contributed by atoms with Crippen molar-refractivity contribution in [2.75, 3.05) is 0 Å². The number of carbonyl (C=O) groups is 1. The molecular formula is C8H6ClFO. The van der Waals surface area contributed by atoms with Crippen molar-refractivity contribution in [3.05, 3.63) is 34.6 Å². The molecule has 0 N–H and O–H groups in total. The zero-order chi connectivity index (χ0) is 8.27. The van der Waals surface area contributed by atoms with E-state index in [-0.39, 0.29) is 11.4 Å². The van der Waals surface area contributed by atoms with Gasteiger partial charge in [0, 0.05) is 6.42 Å². The topological polar surface area (TPSA) is 17.1 Å². The Bertz CT molecular complexity index is 273. The van der Waals surface area contributed by atoms with Gasteiger partial charge in [-0.05, 0) is 17.7 Å². The molecule has 0 radical (unpaired) electrons. The second-order valence-corrected chi connectivity index (χ2v) is 2.53. The number of hydrogen-bond acceptors (Lipinski definition) is 1. The number of hydrogen-bond donors (Lipinski definition) is 0. The third-order valence-corrected chi connectivity index (χ3v) is 1.61. The Balaban J connectivity index is 2.95. The van der Waals surface area contributed by atoms with Crippen molar-refractivity contribution in [2.24, 2.45) is 0 Å². The molecule has 1 aromatic carbocycles. The van der Waals surface area contributed by atoms with Gasteiger partial charge in [-0.1, -0.05) is 17.7 Å². The van der Waals surface area contributed by atoms with Crippen LogP contribution in [0.25, 0.3) is 0 Å². The quantitative estimate of drug-likeness (QED) is 0.626. The van der Waals surface area contributed by atoms with Crippen LogP contribution in [0.2, 0.25) is 5.02 Å². The summed E-state index contributed by atoms with van der Waals surface area (Å²) in [6.07, 6.45) is 0.955. The van der Waals surface area contributed by atoms with E-state index in [1.165, 1.54) is 12.1 Å². The van der Waals surface area contributed by atoms with E-state index in [2.05, 4.69) is 0 Å². The fraction of sp³-hybridized carbons (Fsp3) is 0.125. The molecule has 0 aliphatic rings. The van der Waals surface area contributed by atoms with Crippen LogP contribution in [0, 0.1) is 5.82 Å². The van der Waals surface area contributed by atoms with Crippen molar-refractivity contribution in [1.82, 2.24) is 0 Å². The van der Waals surface area contributed by atoms with Gasteiger partial charge < -0.3 is 4.79 Å². The smallest absolute Gasteiger partial charge is 0.142 e. The van der Waals surface area contributed by atoms with Gasteiger partial charge in [-0.2, -0.15) is 0 Å². The lowest BCUT2D eigenvalue weighted by Gasteiger charge is -1.96. The first-order valence-corrected chi connectivity index (χ1v) is 3.49. The first-order chi connectivity index (χ1) is 5.24.